The van der Waals surface area contributed by atoms with Gasteiger partial charge < -0.3 is 15.3 Å². The van der Waals surface area contributed by atoms with Gasteiger partial charge in [0.25, 0.3) is 0 Å². The Morgan fingerprint density at radius 3 is 2.88 bits per heavy atom. The number of aromatic nitrogens is 1. The Balaban J connectivity index is 0.00000256. The molecule has 1 aromatic rings. The lowest BCUT2D eigenvalue weighted by molar-refractivity contribution is 0.290. The number of rotatable bonds is 7. The number of aliphatic hydroxyl groups excluding tert-OH is 1. The van der Waals surface area contributed by atoms with Gasteiger partial charge in [-0.3, -0.25) is 4.98 Å². The number of aryl methyl sites for hydroxylation is 1. The van der Waals surface area contributed by atoms with Crippen molar-refractivity contribution in [1.82, 2.24) is 10.3 Å². The molecule has 92 valence electrons. The Morgan fingerprint density at radius 2 is 2.31 bits per heavy atom. The van der Waals surface area contributed by atoms with Gasteiger partial charge >= 0.3 is 0 Å². The monoisotopic (exact) mass is 225 g/mol. The normalized spacial score (nSPS) is 10.4. The fourth-order valence-electron chi connectivity index (χ4n) is 1.50. The van der Waals surface area contributed by atoms with Gasteiger partial charge in [-0.15, -0.1) is 0 Å². The van der Waals surface area contributed by atoms with Crippen molar-refractivity contribution in [2.45, 2.75) is 20.3 Å². The van der Waals surface area contributed by atoms with Crippen LogP contribution in [-0.2, 0) is 0 Å². The summed E-state index contributed by atoms with van der Waals surface area (Å²) in [6, 6.07) is 3.95. The van der Waals surface area contributed by atoms with E-state index in [1.54, 1.807) is 6.20 Å². The molecule has 2 N–H and O–H groups in total. The SMILES string of the molecule is CCNCCCN(CO)c1ccc(C)nc1.[HH]. The van der Waals surface area contributed by atoms with E-state index < -0.39 is 0 Å². The summed E-state index contributed by atoms with van der Waals surface area (Å²) in [5.41, 5.74) is 1.97. The molecule has 4 nitrogen and oxygen atoms in total. The molecule has 0 aromatic carbocycles. The van der Waals surface area contributed by atoms with Crippen LogP contribution in [0.25, 0.3) is 0 Å². The summed E-state index contributed by atoms with van der Waals surface area (Å²) in [6.45, 7) is 6.90. The van der Waals surface area contributed by atoms with E-state index in [-0.39, 0.29) is 8.16 Å². The van der Waals surface area contributed by atoms with Gasteiger partial charge in [0.05, 0.1) is 11.9 Å². The minimum absolute atomic E-state index is 0. The van der Waals surface area contributed by atoms with Crippen LogP contribution in [0.1, 0.15) is 20.5 Å². The van der Waals surface area contributed by atoms with E-state index in [1.165, 1.54) is 0 Å². The fourth-order valence-corrected chi connectivity index (χ4v) is 1.50. The summed E-state index contributed by atoms with van der Waals surface area (Å²) in [4.78, 5) is 6.14. The standard InChI is InChI=1S/C12H21N3O.H2/c1-3-13-7-4-8-15(10-16)12-6-5-11(2)14-9-12;/h5-6,9,13,16H,3-4,7-8,10H2,1-2H3;1H. The highest BCUT2D eigenvalue weighted by atomic mass is 16.3. The van der Waals surface area contributed by atoms with E-state index in [9.17, 15) is 5.11 Å². The molecule has 0 bridgehead atoms. The van der Waals surface area contributed by atoms with E-state index in [1.807, 2.05) is 24.0 Å². The molecule has 0 saturated carbocycles. The average Bonchev–Trinajstić information content (AvgIpc) is 2.31. The van der Waals surface area contributed by atoms with Crippen LogP contribution in [-0.4, -0.2) is 36.5 Å². The summed E-state index contributed by atoms with van der Waals surface area (Å²) < 4.78 is 0. The Labute approximate surface area is 98.8 Å². The topological polar surface area (TPSA) is 48.4 Å². The van der Waals surface area contributed by atoms with Crippen LogP contribution in [0.2, 0.25) is 0 Å². The molecule has 4 heteroatoms. The zero-order chi connectivity index (χ0) is 11.8. The van der Waals surface area contributed by atoms with Gasteiger partial charge in [0.1, 0.15) is 6.73 Å². The van der Waals surface area contributed by atoms with Crippen molar-refractivity contribution in [3.8, 4) is 0 Å². The average molecular weight is 225 g/mol. The highest BCUT2D eigenvalue weighted by Crippen LogP contribution is 2.12. The molecule has 1 heterocycles. The van der Waals surface area contributed by atoms with Gasteiger partial charge in [0, 0.05) is 13.7 Å². The van der Waals surface area contributed by atoms with Crippen molar-refractivity contribution >= 4 is 5.69 Å². The largest absolute Gasteiger partial charge is 0.376 e. The third-order valence-corrected chi connectivity index (χ3v) is 2.46. The molecule has 0 aliphatic heterocycles. The number of anilines is 1. The van der Waals surface area contributed by atoms with Crippen molar-refractivity contribution < 1.29 is 6.53 Å². The summed E-state index contributed by atoms with van der Waals surface area (Å²) in [6.07, 6.45) is 2.82. The van der Waals surface area contributed by atoms with Gasteiger partial charge in [-0.1, -0.05) is 6.92 Å². The second-order valence-electron chi connectivity index (χ2n) is 3.77. The smallest absolute Gasteiger partial charge is 0.115 e. The highest BCUT2D eigenvalue weighted by Gasteiger charge is 2.04. The molecule has 0 spiro atoms. The van der Waals surface area contributed by atoms with Crippen LogP contribution in [0.3, 0.4) is 0 Å². The zero-order valence-corrected chi connectivity index (χ0v) is 10.1. The third kappa shape index (κ3) is 4.16. The minimum Gasteiger partial charge on any atom is -0.376 e. The predicted molar refractivity (Wildman–Crippen MR) is 68.7 cm³/mol. The van der Waals surface area contributed by atoms with E-state index in [2.05, 4.69) is 17.2 Å². The zero-order valence-electron chi connectivity index (χ0n) is 10.1. The second kappa shape index (κ2) is 7.19. The van der Waals surface area contributed by atoms with Gasteiger partial charge in [0.2, 0.25) is 0 Å². The van der Waals surface area contributed by atoms with Crippen LogP contribution in [0.5, 0.6) is 0 Å². The van der Waals surface area contributed by atoms with Crippen molar-refractivity contribution in [3.05, 3.63) is 24.0 Å². The lowest BCUT2D eigenvalue weighted by atomic mass is 10.3. The first-order chi connectivity index (χ1) is 7.77. The van der Waals surface area contributed by atoms with Crippen LogP contribution in [0, 0.1) is 6.92 Å². The molecule has 0 saturated heterocycles. The summed E-state index contributed by atoms with van der Waals surface area (Å²) in [7, 11) is 0. The van der Waals surface area contributed by atoms with Crippen LogP contribution >= 0.6 is 0 Å². The maximum Gasteiger partial charge on any atom is 0.115 e. The molecular weight excluding hydrogens is 202 g/mol. The molecule has 1 rings (SSSR count). The molecule has 1 aromatic heterocycles. The Hall–Kier alpha value is -1.13. The molecule has 0 amide bonds. The Bertz CT molecular complexity index is 292. The number of hydrogen-bond donors (Lipinski definition) is 2. The number of aliphatic hydroxyl groups is 1. The first-order valence-electron chi connectivity index (χ1n) is 5.77. The molecular formula is C12H23N3O. The minimum atomic E-state index is 0. The maximum atomic E-state index is 9.28. The van der Waals surface area contributed by atoms with E-state index >= 15 is 0 Å². The van der Waals surface area contributed by atoms with E-state index in [4.69, 9.17) is 0 Å². The van der Waals surface area contributed by atoms with Crippen molar-refractivity contribution in [3.63, 3.8) is 0 Å². The molecule has 0 unspecified atom stereocenters. The van der Waals surface area contributed by atoms with Gasteiger partial charge in [-0.2, -0.15) is 0 Å². The summed E-state index contributed by atoms with van der Waals surface area (Å²) >= 11 is 0. The van der Waals surface area contributed by atoms with Gasteiger partial charge in [-0.05, 0) is 38.6 Å². The first kappa shape index (κ1) is 12.9. The van der Waals surface area contributed by atoms with E-state index in [0.29, 0.717) is 0 Å². The van der Waals surface area contributed by atoms with E-state index in [0.717, 1.165) is 37.4 Å². The Morgan fingerprint density at radius 1 is 1.50 bits per heavy atom. The van der Waals surface area contributed by atoms with Gasteiger partial charge in [-0.25, -0.2) is 0 Å². The van der Waals surface area contributed by atoms with Gasteiger partial charge in [0.15, 0.2) is 0 Å². The third-order valence-electron chi connectivity index (χ3n) is 2.46. The van der Waals surface area contributed by atoms with Crippen LogP contribution in [0.4, 0.5) is 5.69 Å². The molecule has 16 heavy (non-hydrogen) atoms. The molecule has 0 fully saturated rings. The highest BCUT2D eigenvalue weighted by molar-refractivity contribution is 5.43. The number of hydrogen-bond acceptors (Lipinski definition) is 4. The fraction of sp³-hybridized carbons (Fsp3) is 0.583. The van der Waals surface area contributed by atoms with Crippen molar-refractivity contribution in [2.24, 2.45) is 0 Å². The van der Waals surface area contributed by atoms with Crippen LogP contribution in [0.15, 0.2) is 18.3 Å². The lowest BCUT2D eigenvalue weighted by Crippen LogP contribution is -2.28. The molecule has 0 radical (unpaired) electrons. The first-order valence-corrected chi connectivity index (χ1v) is 5.77. The quantitative estimate of drug-likeness (QED) is 0.544. The number of pyridine rings is 1. The second-order valence-corrected chi connectivity index (χ2v) is 3.77. The Kier molecular flexibility index (Phi) is 5.82. The molecule has 0 aliphatic carbocycles. The van der Waals surface area contributed by atoms with Crippen molar-refractivity contribution in [2.75, 3.05) is 31.3 Å². The summed E-state index contributed by atoms with van der Waals surface area (Å²) in [5.74, 6) is 0. The summed E-state index contributed by atoms with van der Waals surface area (Å²) in [5, 5.41) is 12.5. The number of nitrogens with one attached hydrogen (secondary N) is 1. The number of nitrogens with zero attached hydrogens (tertiary/aromatic N) is 2. The molecule has 0 atom stereocenters. The van der Waals surface area contributed by atoms with Crippen LogP contribution < -0.4 is 10.2 Å². The lowest BCUT2D eigenvalue weighted by Gasteiger charge is -2.21. The maximum absolute atomic E-state index is 9.28. The molecule has 0 aliphatic rings. The van der Waals surface area contributed by atoms with Crippen molar-refractivity contribution in [1.29, 1.82) is 0 Å². The predicted octanol–water partition coefficient (Wildman–Crippen LogP) is 1.39.